The molecule has 1 N–H and O–H groups in total. The number of H-pyrrole nitrogens is 1. The average molecular weight is 266 g/mol. The van der Waals surface area contributed by atoms with Crippen molar-refractivity contribution in [3.05, 3.63) is 28.7 Å². The van der Waals surface area contributed by atoms with Crippen LogP contribution in [0.15, 0.2) is 28.2 Å². The van der Waals surface area contributed by atoms with E-state index in [9.17, 15) is 13.2 Å². The number of terminal acetylenes is 1. The van der Waals surface area contributed by atoms with Crippen LogP contribution in [0.3, 0.4) is 0 Å². The van der Waals surface area contributed by atoms with Gasteiger partial charge in [0, 0.05) is 25.0 Å². The summed E-state index contributed by atoms with van der Waals surface area (Å²) in [6, 6.07) is 1.19. The summed E-state index contributed by atoms with van der Waals surface area (Å²) in [6.45, 7) is 0.383. The fourth-order valence-corrected chi connectivity index (χ4v) is 3.15. The standard InChI is InChI=1S/C12H14N2O3S/c1-2-7-14(9-10-3-4-10)18(16,17)12-8-13-6-5-11(12)15/h1,5-6,8,10H,3-4,7,9H2,(H,13,15). The molecule has 1 aliphatic carbocycles. The minimum absolute atomic E-state index is 0.00678. The van der Waals surface area contributed by atoms with Crippen molar-refractivity contribution in [2.75, 3.05) is 13.1 Å². The van der Waals surface area contributed by atoms with Crippen molar-refractivity contribution < 1.29 is 8.42 Å². The molecule has 1 fully saturated rings. The van der Waals surface area contributed by atoms with Crippen LogP contribution in [-0.4, -0.2) is 30.8 Å². The molecule has 0 aromatic carbocycles. The lowest BCUT2D eigenvalue weighted by atomic mass is 10.4. The minimum atomic E-state index is -3.80. The van der Waals surface area contributed by atoms with E-state index in [-0.39, 0.29) is 11.4 Å². The lowest BCUT2D eigenvalue weighted by molar-refractivity contribution is 0.429. The van der Waals surface area contributed by atoms with Crippen molar-refractivity contribution in [1.82, 2.24) is 9.29 Å². The highest BCUT2D eigenvalue weighted by atomic mass is 32.2. The molecule has 0 spiro atoms. The normalized spacial score (nSPS) is 15.6. The van der Waals surface area contributed by atoms with E-state index in [1.54, 1.807) is 0 Å². The molecule has 1 aliphatic rings. The van der Waals surface area contributed by atoms with Crippen molar-refractivity contribution in [2.24, 2.45) is 5.92 Å². The first-order chi connectivity index (χ1) is 8.55. The Bertz CT molecular complexity index is 623. The number of hydrogen-bond donors (Lipinski definition) is 1. The molecule has 0 atom stereocenters. The van der Waals surface area contributed by atoms with Gasteiger partial charge in [0.25, 0.3) is 0 Å². The molecule has 0 bridgehead atoms. The number of aromatic amines is 1. The van der Waals surface area contributed by atoms with Gasteiger partial charge in [0.1, 0.15) is 4.90 Å². The van der Waals surface area contributed by atoms with Gasteiger partial charge in [-0.05, 0) is 18.8 Å². The first kappa shape index (κ1) is 12.9. The van der Waals surface area contributed by atoms with Gasteiger partial charge in [-0.25, -0.2) is 8.42 Å². The zero-order valence-electron chi connectivity index (χ0n) is 9.80. The molecule has 1 saturated carbocycles. The fraction of sp³-hybridized carbons (Fsp3) is 0.417. The van der Waals surface area contributed by atoms with E-state index >= 15 is 0 Å². The van der Waals surface area contributed by atoms with E-state index in [0.717, 1.165) is 12.8 Å². The van der Waals surface area contributed by atoms with Gasteiger partial charge in [-0.15, -0.1) is 6.42 Å². The number of hydrogen-bond acceptors (Lipinski definition) is 3. The van der Waals surface area contributed by atoms with Gasteiger partial charge in [0.05, 0.1) is 6.54 Å². The molecule has 0 amide bonds. The Hall–Kier alpha value is -1.58. The van der Waals surface area contributed by atoms with Crippen molar-refractivity contribution in [2.45, 2.75) is 17.7 Å². The highest BCUT2D eigenvalue weighted by Gasteiger charge is 2.32. The maximum atomic E-state index is 12.3. The molecule has 96 valence electrons. The van der Waals surface area contributed by atoms with Crippen LogP contribution in [0.25, 0.3) is 0 Å². The molecule has 0 saturated heterocycles. The van der Waals surface area contributed by atoms with Crippen molar-refractivity contribution in [3.8, 4) is 12.3 Å². The predicted octanol–water partition coefficient (Wildman–Crippen LogP) is 0.409. The van der Waals surface area contributed by atoms with Crippen LogP contribution in [0.1, 0.15) is 12.8 Å². The molecule has 1 aromatic rings. The summed E-state index contributed by atoms with van der Waals surface area (Å²) in [5.74, 6) is 2.70. The van der Waals surface area contributed by atoms with Gasteiger partial charge in [0.15, 0.2) is 0 Å². The van der Waals surface area contributed by atoms with Gasteiger partial charge < -0.3 is 4.98 Å². The van der Waals surface area contributed by atoms with E-state index in [0.29, 0.717) is 12.5 Å². The van der Waals surface area contributed by atoms with Crippen LogP contribution in [0.4, 0.5) is 0 Å². The molecular weight excluding hydrogens is 252 g/mol. The molecule has 1 aromatic heterocycles. The molecular formula is C12H14N2O3S. The average Bonchev–Trinajstić information content (AvgIpc) is 3.13. The van der Waals surface area contributed by atoms with Gasteiger partial charge in [-0.1, -0.05) is 5.92 Å². The summed E-state index contributed by atoms with van der Waals surface area (Å²) < 4.78 is 25.8. The maximum Gasteiger partial charge on any atom is 0.249 e. The number of pyridine rings is 1. The molecule has 0 unspecified atom stereocenters. The Kier molecular flexibility index (Phi) is 3.55. The van der Waals surface area contributed by atoms with E-state index in [4.69, 9.17) is 6.42 Å². The largest absolute Gasteiger partial charge is 0.366 e. The minimum Gasteiger partial charge on any atom is -0.366 e. The van der Waals surface area contributed by atoms with Crippen LogP contribution in [-0.2, 0) is 10.0 Å². The van der Waals surface area contributed by atoms with Crippen molar-refractivity contribution in [3.63, 3.8) is 0 Å². The third kappa shape index (κ3) is 2.63. The third-order valence-corrected chi connectivity index (χ3v) is 4.67. The van der Waals surface area contributed by atoms with Gasteiger partial charge in [-0.2, -0.15) is 4.31 Å². The van der Waals surface area contributed by atoms with Crippen molar-refractivity contribution in [1.29, 1.82) is 0 Å². The monoisotopic (exact) mass is 266 g/mol. The second-order valence-electron chi connectivity index (χ2n) is 4.32. The molecule has 2 rings (SSSR count). The molecule has 5 nitrogen and oxygen atoms in total. The van der Waals surface area contributed by atoms with Crippen LogP contribution >= 0.6 is 0 Å². The molecule has 18 heavy (non-hydrogen) atoms. The topological polar surface area (TPSA) is 70.2 Å². The highest BCUT2D eigenvalue weighted by Crippen LogP contribution is 2.31. The number of nitrogens with one attached hydrogen (secondary N) is 1. The SMILES string of the molecule is C#CCN(CC1CC1)S(=O)(=O)c1c[nH]ccc1=O. The van der Waals surface area contributed by atoms with Crippen molar-refractivity contribution >= 4 is 10.0 Å². The first-order valence-corrected chi connectivity index (χ1v) is 7.10. The predicted molar refractivity (Wildman–Crippen MR) is 67.4 cm³/mol. The van der Waals surface area contributed by atoms with Crippen LogP contribution in [0, 0.1) is 18.3 Å². The number of sulfonamides is 1. The summed E-state index contributed by atoms with van der Waals surface area (Å²) >= 11 is 0. The Morgan fingerprint density at radius 3 is 2.78 bits per heavy atom. The van der Waals surface area contributed by atoms with E-state index in [2.05, 4.69) is 10.9 Å². The smallest absolute Gasteiger partial charge is 0.249 e. The zero-order chi connectivity index (χ0) is 13.2. The summed E-state index contributed by atoms with van der Waals surface area (Å²) in [5, 5.41) is 0. The lowest BCUT2D eigenvalue weighted by Crippen LogP contribution is -2.35. The van der Waals surface area contributed by atoms with Gasteiger partial charge in [-0.3, -0.25) is 4.79 Å². The first-order valence-electron chi connectivity index (χ1n) is 5.66. The van der Waals surface area contributed by atoms with Crippen LogP contribution < -0.4 is 5.43 Å². The van der Waals surface area contributed by atoms with E-state index in [1.165, 1.54) is 22.8 Å². The summed E-state index contributed by atoms with van der Waals surface area (Å²) in [6.07, 6.45) is 9.83. The Morgan fingerprint density at radius 1 is 1.50 bits per heavy atom. The maximum absolute atomic E-state index is 12.3. The second kappa shape index (κ2) is 4.96. The lowest BCUT2D eigenvalue weighted by Gasteiger charge is -2.18. The van der Waals surface area contributed by atoms with Crippen LogP contribution in [0.5, 0.6) is 0 Å². The number of aromatic nitrogens is 1. The van der Waals surface area contributed by atoms with Gasteiger partial charge >= 0.3 is 0 Å². The Balaban J connectivity index is 2.35. The number of nitrogens with zero attached hydrogens (tertiary/aromatic N) is 1. The van der Waals surface area contributed by atoms with Crippen LogP contribution in [0.2, 0.25) is 0 Å². The molecule has 0 radical (unpaired) electrons. The number of rotatable bonds is 5. The quantitative estimate of drug-likeness (QED) is 0.785. The Labute approximate surface area is 106 Å². The third-order valence-electron chi connectivity index (χ3n) is 2.83. The molecule has 0 aliphatic heterocycles. The summed E-state index contributed by atoms with van der Waals surface area (Å²) in [5.41, 5.74) is -0.522. The summed E-state index contributed by atoms with van der Waals surface area (Å²) in [4.78, 5) is 14.0. The molecule has 6 heteroatoms. The highest BCUT2D eigenvalue weighted by molar-refractivity contribution is 7.89. The molecule has 1 heterocycles. The second-order valence-corrected chi connectivity index (χ2v) is 6.22. The zero-order valence-corrected chi connectivity index (χ0v) is 10.6. The fourth-order valence-electron chi connectivity index (χ4n) is 1.68. The van der Waals surface area contributed by atoms with E-state index < -0.39 is 15.5 Å². The van der Waals surface area contributed by atoms with E-state index in [1.807, 2.05) is 0 Å². The summed E-state index contributed by atoms with van der Waals surface area (Å²) in [7, 11) is -3.80. The Morgan fingerprint density at radius 2 is 2.22 bits per heavy atom. The van der Waals surface area contributed by atoms with Gasteiger partial charge in [0.2, 0.25) is 15.5 Å².